The van der Waals surface area contributed by atoms with Gasteiger partial charge in [0.25, 0.3) is 15.9 Å². The first-order valence-corrected chi connectivity index (χ1v) is 18.1. The second-order valence-corrected chi connectivity index (χ2v) is 14.5. The Hall–Kier alpha value is -5.22. The number of benzene rings is 4. The predicted molar refractivity (Wildman–Crippen MR) is 189 cm³/mol. The van der Waals surface area contributed by atoms with Gasteiger partial charge in [0.2, 0.25) is 0 Å². The summed E-state index contributed by atoms with van der Waals surface area (Å²) in [5.41, 5.74) is 1.43. The number of imidazole rings is 1. The summed E-state index contributed by atoms with van der Waals surface area (Å²) in [4.78, 5) is 35.8. The Bertz CT molecular complexity index is 2200. The molecule has 1 amide bonds. The van der Waals surface area contributed by atoms with Crippen LogP contribution in [0.5, 0.6) is 5.75 Å². The average molecular weight is 691 g/mol. The normalized spacial score (nSPS) is 17.8. The van der Waals surface area contributed by atoms with Gasteiger partial charge in [-0.05, 0) is 60.0 Å². The average Bonchev–Trinajstić information content (AvgIpc) is 3.76. The number of rotatable bonds is 9. The first-order valence-electron chi connectivity index (χ1n) is 16.7. The third kappa shape index (κ3) is 6.31. The monoisotopic (exact) mass is 690 g/mol. The number of aromatic nitrogens is 2. The first kappa shape index (κ1) is 33.3. The molecule has 2 saturated heterocycles. The minimum atomic E-state index is -4.42. The van der Waals surface area contributed by atoms with Crippen molar-refractivity contribution in [2.24, 2.45) is 0 Å². The lowest BCUT2D eigenvalue weighted by atomic mass is 10.0. The van der Waals surface area contributed by atoms with Crippen LogP contribution in [0, 0.1) is 11.3 Å². The lowest BCUT2D eigenvalue weighted by Gasteiger charge is -2.38. The molecule has 0 bridgehead atoms. The number of amides is 1. The van der Waals surface area contributed by atoms with Gasteiger partial charge in [-0.3, -0.25) is 19.2 Å². The second kappa shape index (κ2) is 14.0. The highest BCUT2D eigenvalue weighted by molar-refractivity contribution is 7.90. The molecule has 256 valence electrons. The molecule has 0 spiro atoms. The molecular formula is C38H38N6O5S. The van der Waals surface area contributed by atoms with E-state index in [0.717, 1.165) is 43.1 Å². The summed E-state index contributed by atoms with van der Waals surface area (Å²) in [5.74, 6) is 0.164. The van der Waals surface area contributed by atoms with Crippen LogP contribution in [0.4, 0.5) is 0 Å². The zero-order chi connectivity index (χ0) is 34.8. The van der Waals surface area contributed by atoms with Crippen molar-refractivity contribution >= 4 is 27.0 Å². The Kier molecular flexibility index (Phi) is 9.29. The molecule has 2 aliphatic heterocycles. The molecule has 50 heavy (non-hydrogen) atoms. The van der Waals surface area contributed by atoms with Gasteiger partial charge in [-0.1, -0.05) is 60.7 Å². The number of likely N-dealkylation sites (tertiary alicyclic amines) is 1. The van der Waals surface area contributed by atoms with E-state index in [0.29, 0.717) is 24.4 Å². The minimum Gasteiger partial charge on any atom is -0.497 e. The molecule has 0 N–H and O–H groups in total. The van der Waals surface area contributed by atoms with Crippen LogP contribution in [0.25, 0.3) is 11.0 Å². The lowest BCUT2D eigenvalue weighted by Crippen LogP contribution is -2.51. The van der Waals surface area contributed by atoms with Gasteiger partial charge in [0.05, 0.1) is 34.7 Å². The highest BCUT2D eigenvalue weighted by Gasteiger charge is 2.38. The van der Waals surface area contributed by atoms with Gasteiger partial charge in [0.1, 0.15) is 11.8 Å². The highest BCUT2D eigenvalue weighted by atomic mass is 32.2. The SMILES string of the molecule is COc1ccc(S(=O)(=O)n2c(=O)n(C(C(=O)N3CC[C@@H](N4CCN(Cc5ccccc5)CC4)C3)c3ccccc3)c3cc(C#N)ccc32)cc1. The summed E-state index contributed by atoms with van der Waals surface area (Å²) < 4.78 is 35.4. The fourth-order valence-corrected chi connectivity index (χ4v) is 8.57. The molecule has 12 heteroatoms. The molecule has 0 saturated carbocycles. The van der Waals surface area contributed by atoms with Crippen LogP contribution >= 0.6 is 0 Å². The molecule has 5 aromatic rings. The quantitative estimate of drug-likeness (QED) is 0.228. The van der Waals surface area contributed by atoms with Crippen molar-refractivity contribution in [2.45, 2.75) is 29.9 Å². The molecule has 2 atom stereocenters. The number of ether oxygens (including phenoxy) is 1. The summed E-state index contributed by atoms with van der Waals surface area (Å²) >= 11 is 0. The summed E-state index contributed by atoms with van der Waals surface area (Å²) in [6.45, 7) is 5.59. The zero-order valence-corrected chi connectivity index (χ0v) is 28.6. The van der Waals surface area contributed by atoms with Crippen molar-refractivity contribution in [3.8, 4) is 11.8 Å². The highest BCUT2D eigenvalue weighted by Crippen LogP contribution is 2.30. The van der Waals surface area contributed by atoms with Crippen LogP contribution in [0.1, 0.15) is 29.2 Å². The van der Waals surface area contributed by atoms with Crippen LogP contribution in [-0.2, 0) is 21.4 Å². The van der Waals surface area contributed by atoms with E-state index in [1.54, 1.807) is 29.2 Å². The number of hydrogen-bond donors (Lipinski definition) is 0. The van der Waals surface area contributed by atoms with E-state index in [1.807, 2.05) is 12.1 Å². The van der Waals surface area contributed by atoms with Crippen molar-refractivity contribution in [3.63, 3.8) is 0 Å². The largest absolute Gasteiger partial charge is 0.497 e. The number of hydrogen-bond acceptors (Lipinski definition) is 8. The lowest BCUT2D eigenvalue weighted by molar-refractivity contribution is -0.132. The van der Waals surface area contributed by atoms with Crippen LogP contribution in [0.15, 0.2) is 113 Å². The number of fused-ring (bicyclic) bond motifs is 1. The Balaban J connectivity index is 1.21. The van der Waals surface area contributed by atoms with Crippen molar-refractivity contribution in [3.05, 3.63) is 130 Å². The molecular weight excluding hydrogens is 653 g/mol. The minimum absolute atomic E-state index is 0.0752. The van der Waals surface area contributed by atoms with Crippen molar-refractivity contribution < 1.29 is 17.9 Å². The van der Waals surface area contributed by atoms with E-state index in [2.05, 4.69) is 40.1 Å². The number of piperazine rings is 1. The number of carbonyl (C=O) groups excluding carboxylic acids is 1. The molecule has 2 fully saturated rings. The summed E-state index contributed by atoms with van der Waals surface area (Å²) in [6, 6.07) is 30.6. The fraction of sp³-hybridized carbons (Fsp3) is 0.289. The molecule has 11 nitrogen and oxygen atoms in total. The maximum Gasteiger partial charge on any atom is 0.344 e. The van der Waals surface area contributed by atoms with Crippen molar-refractivity contribution in [1.82, 2.24) is 23.2 Å². The van der Waals surface area contributed by atoms with Gasteiger partial charge in [-0.15, -0.1) is 0 Å². The van der Waals surface area contributed by atoms with Crippen molar-refractivity contribution in [2.75, 3.05) is 46.4 Å². The molecule has 0 radical (unpaired) electrons. The van der Waals surface area contributed by atoms with E-state index in [1.165, 1.54) is 59.7 Å². The number of methoxy groups -OCH3 is 1. The van der Waals surface area contributed by atoms with Gasteiger partial charge in [-0.2, -0.15) is 9.23 Å². The first-order chi connectivity index (χ1) is 24.3. The smallest absolute Gasteiger partial charge is 0.344 e. The van der Waals surface area contributed by atoms with E-state index < -0.39 is 21.8 Å². The predicted octanol–water partition coefficient (Wildman–Crippen LogP) is 3.93. The van der Waals surface area contributed by atoms with Gasteiger partial charge in [0.15, 0.2) is 0 Å². The molecule has 7 rings (SSSR count). The zero-order valence-electron chi connectivity index (χ0n) is 27.8. The topological polar surface area (TPSA) is 121 Å². The van der Waals surface area contributed by atoms with Gasteiger partial charge in [0, 0.05) is 51.9 Å². The van der Waals surface area contributed by atoms with E-state index >= 15 is 0 Å². The Morgan fingerprint density at radius 2 is 1.56 bits per heavy atom. The Morgan fingerprint density at radius 1 is 0.880 bits per heavy atom. The summed E-state index contributed by atoms with van der Waals surface area (Å²) in [7, 11) is -2.94. The number of carbonyl (C=O) groups is 1. The summed E-state index contributed by atoms with van der Waals surface area (Å²) in [5, 5.41) is 9.77. The molecule has 4 aromatic carbocycles. The van der Waals surface area contributed by atoms with E-state index in [4.69, 9.17) is 4.74 Å². The Labute approximate surface area is 291 Å². The molecule has 1 aromatic heterocycles. The maximum atomic E-state index is 14.7. The third-order valence-corrected chi connectivity index (χ3v) is 11.5. The van der Waals surface area contributed by atoms with Crippen molar-refractivity contribution in [1.29, 1.82) is 5.26 Å². The van der Waals surface area contributed by atoms with Gasteiger partial charge < -0.3 is 9.64 Å². The molecule has 2 aliphatic rings. The molecule has 0 aliphatic carbocycles. The third-order valence-electron chi connectivity index (χ3n) is 9.82. The van der Waals surface area contributed by atoms with Crippen LogP contribution in [0.2, 0.25) is 0 Å². The van der Waals surface area contributed by atoms with Crippen LogP contribution < -0.4 is 10.4 Å². The van der Waals surface area contributed by atoms with E-state index in [-0.39, 0.29) is 33.4 Å². The van der Waals surface area contributed by atoms with Gasteiger partial charge in [-0.25, -0.2) is 13.2 Å². The van der Waals surface area contributed by atoms with Crippen LogP contribution in [-0.4, -0.2) is 90.0 Å². The van der Waals surface area contributed by atoms with E-state index in [9.17, 15) is 23.3 Å². The number of nitriles is 1. The summed E-state index contributed by atoms with van der Waals surface area (Å²) in [6.07, 6.45) is 0.799. The fourth-order valence-electron chi connectivity index (χ4n) is 7.18. The molecule has 3 heterocycles. The van der Waals surface area contributed by atoms with Gasteiger partial charge >= 0.3 is 5.69 Å². The Morgan fingerprint density at radius 3 is 2.22 bits per heavy atom. The maximum absolute atomic E-state index is 14.7. The second-order valence-electron chi connectivity index (χ2n) is 12.8. The standard InChI is InChI=1S/C38H38N6O5S/c1-49-32-13-15-33(16-14-32)50(47,48)44-34-17-12-29(25-39)24-35(34)43(38(44)46)36(30-10-6-3-7-11-30)37(45)42-19-18-31(27-42)41-22-20-40(21-23-41)26-28-8-4-2-5-9-28/h2-17,24,31,36H,18-23,26-27H2,1H3/t31-,36?/m1/s1. The molecule has 1 unspecified atom stereocenters. The van der Waals surface area contributed by atoms with Crippen LogP contribution in [0.3, 0.4) is 0 Å². The number of nitrogens with zero attached hydrogens (tertiary/aromatic N) is 6.